The molecule has 2 aromatic carbocycles. The topological polar surface area (TPSA) is 87.7 Å². The van der Waals surface area contributed by atoms with Gasteiger partial charge in [0.1, 0.15) is 0 Å². The zero-order chi connectivity index (χ0) is 16.7. The number of hydrogen-bond donors (Lipinski definition) is 3. The molecule has 0 aliphatic heterocycles. The third kappa shape index (κ3) is 4.82. The SMILES string of the molecule is CCOC(=O)c1ccc(NC(=O)Nc2ccc(CO)cc2)cc1. The van der Waals surface area contributed by atoms with Gasteiger partial charge in [0, 0.05) is 11.4 Å². The summed E-state index contributed by atoms with van der Waals surface area (Å²) in [7, 11) is 0. The highest BCUT2D eigenvalue weighted by Crippen LogP contribution is 2.13. The van der Waals surface area contributed by atoms with Crippen molar-refractivity contribution in [1.82, 2.24) is 0 Å². The first-order chi connectivity index (χ1) is 11.1. The van der Waals surface area contributed by atoms with Crippen LogP contribution in [0.5, 0.6) is 0 Å². The zero-order valence-electron chi connectivity index (χ0n) is 12.7. The summed E-state index contributed by atoms with van der Waals surface area (Å²) in [5.74, 6) is -0.396. The van der Waals surface area contributed by atoms with E-state index in [4.69, 9.17) is 9.84 Å². The van der Waals surface area contributed by atoms with Crippen LogP contribution in [0.4, 0.5) is 16.2 Å². The van der Waals surface area contributed by atoms with Crippen LogP contribution in [0, 0.1) is 0 Å². The fourth-order valence-electron chi connectivity index (χ4n) is 1.89. The lowest BCUT2D eigenvalue weighted by molar-refractivity contribution is 0.0526. The van der Waals surface area contributed by atoms with Gasteiger partial charge in [-0.05, 0) is 48.9 Å². The first kappa shape index (κ1) is 16.5. The fraction of sp³-hybridized carbons (Fsp3) is 0.176. The van der Waals surface area contributed by atoms with Gasteiger partial charge < -0.3 is 20.5 Å². The normalized spacial score (nSPS) is 10.0. The molecule has 0 aromatic heterocycles. The Bertz CT molecular complexity index is 666. The maximum absolute atomic E-state index is 11.9. The summed E-state index contributed by atoms with van der Waals surface area (Å²) in [6, 6.07) is 12.9. The maximum atomic E-state index is 11.9. The monoisotopic (exact) mass is 314 g/mol. The van der Waals surface area contributed by atoms with Crippen LogP contribution in [0.3, 0.4) is 0 Å². The summed E-state index contributed by atoms with van der Waals surface area (Å²) in [5.41, 5.74) is 2.37. The highest BCUT2D eigenvalue weighted by atomic mass is 16.5. The second-order valence-electron chi connectivity index (χ2n) is 4.73. The summed E-state index contributed by atoms with van der Waals surface area (Å²) in [4.78, 5) is 23.4. The van der Waals surface area contributed by atoms with E-state index in [0.717, 1.165) is 5.56 Å². The third-order valence-electron chi connectivity index (χ3n) is 3.05. The quantitative estimate of drug-likeness (QED) is 0.740. The average Bonchev–Trinajstić information content (AvgIpc) is 2.56. The Hall–Kier alpha value is -2.86. The van der Waals surface area contributed by atoms with Crippen molar-refractivity contribution in [1.29, 1.82) is 0 Å². The van der Waals surface area contributed by atoms with Gasteiger partial charge in [-0.1, -0.05) is 12.1 Å². The van der Waals surface area contributed by atoms with Crippen LogP contribution >= 0.6 is 0 Å². The lowest BCUT2D eigenvalue weighted by Gasteiger charge is -2.08. The number of benzene rings is 2. The number of ether oxygens (including phenoxy) is 1. The first-order valence-corrected chi connectivity index (χ1v) is 7.17. The van der Waals surface area contributed by atoms with E-state index in [-0.39, 0.29) is 6.61 Å². The van der Waals surface area contributed by atoms with Gasteiger partial charge in [0.05, 0.1) is 18.8 Å². The van der Waals surface area contributed by atoms with Crippen LogP contribution in [0.1, 0.15) is 22.8 Å². The van der Waals surface area contributed by atoms with Crippen molar-refractivity contribution >= 4 is 23.4 Å². The molecule has 120 valence electrons. The molecule has 0 bridgehead atoms. The Labute approximate surface area is 134 Å². The molecule has 23 heavy (non-hydrogen) atoms. The number of urea groups is 1. The number of carbonyl (C=O) groups excluding carboxylic acids is 2. The van der Waals surface area contributed by atoms with Crippen molar-refractivity contribution < 1.29 is 19.4 Å². The van der Waals surface area contributed by atoms with E-state index in [1.165, 1.54) is 0 Å². The van der Waals surface area contributed by atoms with E-state index in [1.807, 2.05) is 0 Å². The van der Waals surface area contributed by atoms with Crippen LogP contribution in [0.15, 0.2) is 48.5 Å². The Morgan fingerprint density at radius 1 is 0.957 bits per heavy atom. The Morgan fingerprint density at radius 3 is 1.96 bits per heavy atom. The molecule has 0 fully saturated rings. The molecule has 6 heteroatoms. The number of esters is 1. The Balaban J connectivity index is 1.93. The summed E-state index contributed by atoms with van der Waals surface area (Å²) in [5, 5.41) is 14.3. The lowest BCUT2D eigenvalue weighted by atomic mass is 10.2. The van der Waals surface area contributed by atoms with Gasteiger partial charge in [0.15, 0.2) is 0 Å². The lowest BCUT2D eigenvalue weighted by Crippen LogP contribution is -2.19. The van der Waals surface area contributed by atoms with E-state index < -0.39 is 12.0 Å². The van der Waals surface area contributed by atoms with Crippen molar-refractivity contribution in [3.05, 3.63) is 59.7 Å². The molecule has 0 saturated heterocycles. The number of hydrogen-bond acceptors (Lipinski definition) is 4. The standard InChI is InChI=1S/C17H18N2O4/c1-2-23-16(21)13-5-9-15(10-6-13)19-17(22)18-14-7-3-12(11-20)4-8-14/h3-10,20H,2,11H2,1H3,(H2,18,19,22). The molecule has 0 saturated carbocycles. The summed E-state index contributed by atoms with van der Waals surface area (Å²) in [6.07, 6.45) is 0. The van der Waals surface area contributed by atoms with Crippen LogP contribution in [-0.2, 0) is 11.3 Å². The molecule has 0 atom stereocenters. The van der Waals surface area contributed by atoms with Gasteiger partial charge in [-0.25, -0.2) is 9.59 Å². The summed E-state index contributed by atoms with van der Waals surface area (Å²) >= 11 is 0. The van der Waals surface area contributed by atoms with Crippen LogP contribution in [0.2, 0.25) is 0 Å². The molecular weight excluding hydrogens is 296 g/mol. The number of aliphatic hydroxyl groups is 1. The molecule has 2 aromatic rings. The van der Waals surface area contributed by atoms with Gasteiger partial charge in [0.25, 0.3) is 0 Å². The van der Waals surface area contributed by atoms with Crippen LogP contribution in [-0.4, -0.2) is 23.7 Å². The van der Waals surface area contributed by atoms with Gasteiger partial charge in [-0.3, -0.25) is 0 Å². The van der Waals surface area contributed by atoms with E-state index in [1.54, 1.807) is 55.5 Å². The Morgan fingerprint density at radius 2 is 1.48 bits per heavy atom. The number of rotatable bonds is 5. The minimum Gasteiger partial charge on any atom is -0.462 e. The van der Waals surface area contributed by atoms with E-state index in [0.29, 0.717) is 23.5 Å². The molecule has 2 rings (SSSR count). The molecule has 0 heterocycles. The maximum Gasteiger partial charge on any atom is 0.338 e. The number of anilines is 2. The van der Waals surface area contributed by atoms with Gasteiger partial charge in [0.2, 0.25) is 0 Å². The second-order valence-corrected chi connectivity index (χ2v) is 4.73. The molecule has 6 nitrogen and oxygen atoms in total. The molecular formula is C17H18N2O4. The summed E-state index contributed by atoms with van der Waals surface area (Å²) < 4.78 is 4.89. The van der Waals surface area contributed by atoms with Crippen molar-refractivity contribution in [2.24, 2.45) is 0 Å². The molecule has 3 N–H and O–H groups in total. The molecule has 0 aliphatic carbocycles. The van der Waals surface area contributed by atoms with Crippen molar-refractivity contribution in [3.8, 4) is 0 Å². The van der Waals surface area contributed by atoms with Crippen LogP contribution < -0.4 is 10.6 Å². The van der Waals surface area contributed by atoms with Crippen molar-refractivity contribution in [3.63, 3.8) is 0 Å². The molecule has 0 unspecified atom stereocenters. The van der Waals surface area contributed by atoms with E-state index in [2.05, 4.69) is 10.6 Å². The zero-order valence-corrected chi connectivity index (χ0v) is 12.7. The van der Waals surface area contributed by atoms with Crippen molar-refractivity contribution in [2.75, 3.05) is 17.2 Å². The predicted octanol–water partition coefficient (Wildman–Crippen LogP) is 3.00. The van der Waals surface area contributed by atoms with Gasteiger partial charge in [-0.15, -0.1) is 0 Å². The number of aliphatic hydroxyl groups excluding tert-OH is 1. The molecule has 2 amide bonds. The number of amides is 2. The van der Waals surface area contributed by atoms with Gasteiger partial charge >= 0.3 is 12.0 Å². The average molecular weight is 314 g/mol. The van der Waals surface area contributed by atoms with Crippen molar-refractivity contribution in [2.45, 2.75) is 13.5 Å². The van der Waals surface area contributed by atoms with E-state index in [9.17, 15) is 9.59 Å². The minimum absolute atomic E-state index is 0.0424. The largest absolute Gasteiger partial charge is 0.462 e. The second kappa shape index (κ2) is 7.95. The predicted molar refractivity (Wildman–Crippen MR) is 87.4 cm³/mol. The van der Waals surface area contributed by atoms with Crippen LogP contribution in [0.25, 0.3) is 0 Å². The first-order valence-electron chi connectivity index (χ1n) is 7.17. The fourth-order valence-corrected chi connectivity index (χ4v) is 1.89. The van der Waals surface area contributed by atoms with Gasteiger partial charge in [-0.2, -0.15) is 0 Å². The third-order valence-corrected chi connectivity index (χ3v) is 3.05. The highest BCUT2D eigenvalue weighted by Gasteiger charge is 2.07. The molecule has 0 radical (unpaired) electrons. The molecule has 0 aliphatic rings. The number of carbonyl (C=O) groups is 2. The smallest absolute Gasteiger partial charge is 0.338 e. The minimum atomic E-state index is -0.398. The highest BCUT2D eigenvalue weighted by molar-refractivity contribution is 6.00. The molecule has 0 spiro atoms. The summed E-state index contributed by atoms with van der Waals surface area (Å²) in [6.45, 7) is 2.01. The van der Waals surface area contributed by atoms with E-state index >= 15 is 0 Å². The Kier molecular flexibility index (Phi) is 5.71. The number of nitrogens with one attached hydrogen (secondary N) is 2.